The van der Waals surface area contributed by atoms with E-state index in [2.05, 4.69) is 4.72 Å². The topological polar surface area (TPSA) is 38.3 Å². The maximum absolute atomic E-state index is 12.3. The van der Waals surface area contributed by atoms with Crippen molar-refractivity contribution < 1.29 is 22.7 Å². The highest BCUT2D eigenvalue weighted by molar-refractivity contribution is 7.98. The highest BCUT2D eigenvalue weighted by Crippen LogP contribution is 2.54. The van der Waals surface area contributed by atoms with Crippen molar-refractivity contribution in [2.24, 2.45) is 29.6 Å². The lowest BCUT2D eigenvalue weighted by molar-refractivity contribution is -0.157. The molecule has 0 saturated heterocycles. The predicted molar refractivity (Wildman–Crippen MR) is 77.8 cm³/mol. The van der Waals surface area contributed by atoms with Crippen LogP contribution in [0.15, 0.2) is 0 Å². The first kappa shape index (κ1) is 16.4. The van der Waals surface area contributed by atoms with Crippen LogP contribution in [0.3, 0.4) is 0 Å². The van der Waals surface area contributed by atoms with Crippen LogP contribution >= 0.6 is 11.9 Å². The largest absolute Gasteiger partial charge is 0.464 e. The standard InChI is InChI=1S/C15H22F3NO2S/c16-15(17,18)22-19-3-4-21-14(20)13-8-10-5-9-1-2-12(13)11(6-9)7-10/h9-13,19H,1-8H2. The Hall–Kier alpha value is -0.430. The van der Waals surface area contributed by atoms with E-state index in [0.29, 0.717) is 17.8 Å². The molecule has 7 heteroatoms. The van der Waals surface area contributed by atoms with Gasteiger partial charge in [0.05, 0.1) is 5.92 Å². The molecule has 5 atom stereocenters. The van der Waals surface area contributed by atoms with E-state index in [-0.39, 0.29) is 37.0 Å². The highest BCUT2D eigenvalue weighted by Gasteiger charge is 2.48. The molecule has 0 aromatic carbocycles. The van der Waals surface area contributed by atoms with Crippen molar-refractivity contribution in [3.05, 3.63) is 0 Å². The lowest BCUT2D eigenvalue weighted by atomic mass is 9.54. The summed E-state index contributed by atoms with van der Waals surface area (Å²) in [4.78, 5) is 12.3. The lowest BCUT2D eigenvalue weighted by Crippen LogP contribution is -2.45. The van der Waals surface area contributed by atoms with E-state index in [0.717, 1.165) is 18.8 Å². The molecule has 0 heterocycles. The number of fused-ring (bicyclic) bond motifs is 2. The van der Waals surface area contributed by atoms with Crippen molar-refractivity contribution in [1.29, 1.82) is 0 Å². The average Bonchev–Trinajstić information content (AvgIpc) is 2.42. The van der Waals surface area contributed by atoms with Gasteiger partial charge in [0, 0.05) is 18.5 Å². The molecule has 0 radical (unpaired) electrons. The maximum atomic E-state index is 12.3. The van der Waals surface area contributed by atoms with Crippen molar-refractivity contribution in [3.63, 3.8) is 0 Å². The first-order valence-corrected chi connectivity index (χ1v) is 8.88. The van der Waals surface area contributed by atoms with Gasteiger partial charge in [-0.3, -0.25) is 9.52 Å². The van der Waals surface area contributed by atoms with Crippen LogP contribution in [0.1, 0.15) is 38.5 Å². The molecular weight excluding hydrogens is 315 g/mol. The molecule has 1 N–H and O–H groups in total. The maximum Gasteiger partial charge on any atom is 0.456 e. The smallest absolute Gasteiger partial charge is 0.456 e. The molecule has 0 aromatic rings. The number of rotatable bonds is 5. The Morgan fingerprint density at radius 3 is 2.68 bits per heavy atom. The van der Waals surface area contributed by atoms with Gasteiger partial charge in [-0.05, 0) is 55.8 Å². The summed E-state index contributed by atoms with van der Waals surface area (Å²) in [5.41, 5.74) is -4.30. The van der Waals surface area contributed by atoms with Crippen LogP contribution in [0.2, 0.25) is 0 Å². The second-order valence-corrected chi connectivity index (χ2v) is 7.85. The monoisotopic (exact) mass is 337 g/mol. The van der Waals surface area contributed by atoms with Crippen molar-refractivity contribution in [3.8, 4) is 0 Å². The van der Waals surface area contributed by atoms with E-state index in [9.17, 15) is 18.0 Å². The molecule has 0 aliphatic heterocycles. The van der Waals surface area contributed by atoms with Crippen LogP contribution < -0.4 is 4.72 Å². The number of halogens is 3. The minimum Gasteiger partial charge on any atom is -0.464 e. The summed E-state index contributed by atoms with van der Waals surface area (Å²) in [6.45, 7) is 0.0192. The van der Waals surface area contributed by atoms with Gasteiger partial charge in [0.2, 0.25) is 0 Å². The van der Waals surface area contributed by atoms with Crippen molar-refractivity contribution in [2.75, 3.05) is 13.2 Å². The van der Waals surface area contributed by atoms with Crippen molar-refractivity contribution in [2.45, 2.75) is 44.0 Å². The van der Waals surface area contributed by atoms with Gasteiger partial charge < -0.3 is 4.74 Å². The zero-order valence-corrected chi connectivity index (χ0v) is 13.2. The third kappa shape index (κ3) is 3.91. The third-order valence-corrected chi connectivity index (χ3v) is 6.08. The Labute approximate surface area is 132 Å². The molecule has 126 valence electrons. The van der Waals surface area contributed by atoms with E-state index in [1.807, 2.05) is 0 Å². The Kier molecular flexibility index (Phi) is 4.92. The number of esters is 1. The molecule has 3 fully saturated rings. The molecule has 3 aliphatic carbocycles. The number of ether oxygens (including phenoxy) is 1. The van der Waals surface area contributed by atoms with E-state index in [1.54, 1.807) is 0 Å². The predicted octanol–water partition coefficient (Wildman–Crippen LogP) is 3.75. The van der Waals surface area contributed by atoms with Gasteiger partial charge >= 0.3 is 11.5 Å². The van der Waals surface area contributed by atoms with Crippen LogP contribution in [-0.2, 0) is 9.53 Å². The Morgan fingerprint density at radius 1 is 1.14 bits per heavy atom. The zero-order valence-electron chi connectivity index (χ0n) is 12.4. The summed E-state index contributed by atoms with van der Waals surface area (Å²) in [7, 11) is 0. The lowest BCUT2D eigenvalue weighted by Gasteiger charge is -2.51. The number of hydrogen-bond acceptors (Lipinski definition) is 4. The highest BCUT2D eigenvalue weighted by atomic mass is 32.2. The fourth-order valence-electron chi connectivity index (χ4n) is 4.83. The number of hydrogen-bond donors (Lipinski definition) is 1. The molecule has 0 spiro atoms. The summed E-state index contributed by atoms with van der Waals surface area (Å²) < 4.78 is 43.3. The summed E-state index contributed by atoms with van der Waals surface area (Å²) in [5.74, 6) is 2.40. The summed E-state index contributed by atoms with van der Waals surface area (Å²) in [6.07, 6.45) is 7.02. The van der Waals surface area contributed by atoms with E-state index in [4.69, 9.17) is 4.74 Å². The molecule has 0 amide bonds. The Balaban J connectivity index is 1.44. The molecule has 3 aliphatic rings. The normalized spacial score (nSPS) is 37.1. The second-order valence-electron chi connectivity index (χ2n) is 6.89. The minimum absolute atomic E-state index is 0.00307. The molecule has 22 heavy (non-hydrogen) atoms. The summed E-state index contributed by atoms with van der Waals surface area (Å²) >= 11 is -0.296. The fourth-order valence-corrected chi connectivity index (χ4v) is 5.17. The molecule has 3 saturated carbocycles. The zero-order chi connectivity index (χ0) is 15.7. The molecule has 3 rings (SSSR count). The second kappa shape index (κ2) is 6.59. The number of nitrogens with one attached hydrogen (secondary N) is 1. The van der Waals surface area contributed by atoms with Crippen LogP contribution in [-0.4, -0.2) is 24.6 Å². The van der Waals surface area contributed by atoms with E-state index >= 15 is 0 Å². The van der Waals surface area contributed by atoms with Gasteiger partial charge in [-0.2, -0.15) is 13.2 Å². The minimum atomic E-state index is -4.30. The van der Waals surface area contributed by atoms with Crippen LogP contribution in [0.4, 0.5) is 13.2 Å². The van der Waals surface area contributed by atoms with E-state index in [1.165, 1.54) is 25.7 Å². The summed E-state index contributed by atoms with van der Waals surface area (Å²) in [5, 5.41) is 0. The SMILES string of the molecule is O=C(OCCNSC(F)(F)F)C1CC2CC3CCC1C(C3)C2. The molecule has 5 unspecified atom stereocenters. The number of carbonyl (C=O) groups is 1. The first-order valence-electron chi connectivity index (χ1n) is 8.06. The van der Waals surface area contributed by atoms with Crippen LogP contribution in [0, 0.1) is 29.6 Å². The first-order chi connectivity index (χ1) is 10.4. The molecule has 0 aromatic heterocycles. The van der Waals surface area contributed by atoms with Gasteiger partial charge in [-0.25, -0.2) is 0 Å². The molecule has 3 bridgehead atoms. The summed E-state index contributed by atoms with van der Waals surface area (Å²) in [6, 6.07) is 0. The average molecular weight is 337 g/mol. The number of carbonyl (C=O) groups excluding carboxylic acids is 1. The van der Waals surface area contributed by atoms with Crippen LogP contribution in [0.25, 0.3) is 0 Å². The molecule has 3 nitrogen and oxygen atoms in total. The van der Waals surface area contributed by atoms with Crippen LogP contribution in [0.5, 0.6) is 0 Å². The van der Waals surface area contributed by atoms with Gasteiger partial charge in [0.25, 0.3) is 0 Å². The van der Waals surface area contributed by atoms with Gasteiger partial charge in [-0.1, -0.05) is 6.42 Å². The Morgan fingerprint density at radius 2 is 1.91 bits per heavy atom. The van der Waals surface area contributed by atoms with Gasteiger partial charge in [0.1, 0.15) is 6.61 Å². The quantitative estimate of drug-likeness (QED) is 0.471. The van der Waals surface area contributed by atoms with Gasteiger partial charge in [-0.15, -0.1) is 0 Å². The Bertz CT molecular complexity index is 412. The molecular formula is C15H22F3NO2S. The van der Waals surface area contributed by atoms with Gasteiger partial charge in [0.15, 0.2) is 0 Å². The fraction of sp³-hybridized carbons (Fsp3) is 0.933. The van der Waals surface area contributed by atoms with Crippen molar-refractivity contribution >= 4 is 17.9 Å². The number of alkyl halides is 3. The third-order valence-electron chi connectivity index (χ3n) is 5.50. The van der Waals surface area contributed by atoms with Crippen molar-refractivity contribution in [1.82, 2.24) is 4.72 Å². The van der Waals surface area contributed by atoms with E-state index < -0.39 is 5.51 Å².